The average molecular weight is 296 g/mol. The van der Waals surface area contributed by atoms with E-state index in [0.29, 0.717) is 19.3 Å². The number of benzene rings is 1. The lowest BCUT2D eigenvalue weighted by Gasteiger charge is -2.37. The normalized spacial score (nSPS) is 16.7. The zero-order chi connectivity index (χ0) is 15.1. The molecule has 1 heterocycles. The highest BCUT2D eigenvalue weighted by atomic mass is 19.1. The molecule has 0 radical (unpaired) electrons. The van der Waals surface area contributed by atoms with Crippen LogP contribution in [0.15, 0.2) is 24.3 Å². The number of rotatable bonds is 7. The molecule has 1 aromatic carbocycles. The molecule has 4 nitrogen and oxygen atoms in total. The third-order valence-corrected chi connectivity index (χ3v) is 4.10. The fraction of sp³-hybridized carbons (Fsp3) is 0.625. The minimum absolute atomic E-state index is 0.0831. The van der Waals surface area contributed by atoms with Crippen molar-refractivity contribution in [3.05, 3.63) is 30.1 Å². The fourth-order valence-electron chi connectivity index (χ4n) is 2.77. The maximum absolute atomic E-state index is 12.9. The number of piperidine rings is 1. The molecule has 1 aliphatic rings. The van der Waals surface area contributed by atoms with Crippen LogP contribution in [0.5, 0.6) is 0 Å². The van der Waals surface area contributed by atoms with Gasteiger partial charge in [-0.25, -0.2) is 4.39 Å². The van der Waals surface area contributed by atoms with Crippen LogP contribution in [0.3, 0.4) is 0 Å². The van der Waals surface area contributed by atoms with E-state index in [1.807, 2.05) is 12.1 Å². The van der Waals surface area contributed by atoms with Gasteiger partial charge in [-0.05, 0) is 44.2 Å². The minimum atomic E-state index is -0.184. The van der Waals surface area contributed by atoms with Gasteiger partial charge >= 0.3 is 0 Å². The largest absolute Gasteiger partial charge is 0.394 e. The SMILES string of the molecule is CN(CCOCCO)C1CCN(c2ccc(F)cc2)CC1. The molecule has 5 heteroatoms. The Morgan fingerprint density at radius 2 is 1.90 bits per heavy atom. The molecule has 1 aromatic rings. The smallest absolute Gasteiger partial charge is 0.123 e. The Balaban J connectivity index is 1.73. The Hall–Kier alpha value is -1.17. The zero-order valence-corrected chi connectivity index (χ0v) is 12.7. The number of halogens is 1. The van der Waals surface area contributed by atoms with E-state index < -0.39 is 0 Å². The van der Waals surface area contributed by atoms with Crippen LogP contribution in [0.1, 0.15) is 12.8 Å². The van der Waals surface area contributed by atoms with Crippen LogP contribution in [0.25, 0.3) is 0 Å². The highest BCUT2D eigenvalue weighted by molar-refractivity contribution is 5.46. The van der Waals surface area contributed by atoms with Crippen LogP contribution in [0.4, 0.5) is 10.1 Å². The number of hydrogen-bond donors (Lipinski definition) is 1. The lowest BCUT2D eigenvalue weighted by Crippen LogP contribution is -2.44. The average Bonchev–Trinajstić information content (AvgIpc) is 2.52. The molecule has 0 aliphatic carbocycles. The van der Waals surface area contributed by atoms with Gasteiger partial charge in [0.25, 0.3) is 0 Å². The van der Waals surface area contributed by atoms with E-state index in [4.69, 9.17) is 9.84 Å². The molecule has 1 aliphatic heterocycles. The molecule has 0 bridgehead atoms. The van der Waals surface area contributed by atoms with Crippen LogP contribution in [0.2, 0.25) is 0 Å². The number of likely N-dealkylation sites (N-methyl/N-ethyl adjacent to an activating group) is 1. The second-order valence-corrected chi connectivity index (χ2v) is 5.51. The summed E-state index contributed by atoms with van der Waals surface area (Å²) in [4.78, 5) is 4.64. The third kappa shape index (κ3) is 4.95. The van der Waals surface area contributed by atoms with E-state index in [1.54, 1.807) is 0 Å². The van der Waals surface area contributed by atoms with Gasteiger partial charge in [-0.2, -0.15) is 0 Å². The maximum Gasteiger partial charge on any atom is 0.123 e. The van der Waals surface area contributed by atoms with Crippen LogP contribution in [-0.4, -0.2) is 62.6 Å². The first-order valence-corrected chi connectivity index (χ1v) is 7.60. The summed E-state index contributed by atoms with van der Waals surface area (Å²) in [5.41, 5.74) is 1.10. The van der Waals surface area contributed by atoms with Crippen molar-refractivity contribution in [1.82, 2.24) is 4.90 Å². The van der Waals surface area contributed by atoms with Crippen molar-refractivity contribution in [2.45, 2.75) is 18.9 Å². The molecular weight excluding hydrogens is 271 g/mol. The first-order valence-electron chi connectivity index (χ1n) is 7.60. The maximum atomic E-state index is 12.9. The first-order chi connectivity index (χ1) is 10.2. The molecular formula is C16H25FN2O2. The van der Waals surface area contributed by atoms with Crippen molar-refractivity contribution in [3.63, 3.8) is 0 Å². The van der Waals surface area contributed by atoms with Gasteiger partial charge in [-0.1, -0.05) is 0 Å². The highest BCUT2D eigenvalue weighted by Gasteiger charge is 2.22. The van der Waals surface area contributed by atoms with Crippen LogP contribution in [0, 0.1) is 5.82 Å². The van der Waals surface area contributed by atoms with Crippen molar-refractivity contribution in [2.75, 3.05) is 51.4 Å². The second-order valence-electron chi connectivity index (χ2n) is 5.51. The summed E-state index contributed by atoms with van der Waals surface area (Å²) in [6.45, 7) is 4.04. The van der Waals surface area contributed by atoms with Gasteiger partial charge in [0.15, 0.2) is 0 Å². The molecule has 1 N–H and O–H groups in total. The van der Waals surface area contributed by atoms with Gasteiger partial charge in [-0.15, -0.1) is 0 Å². The molecule has 2 rings (SSSR count). The number of hydrogen-bond acceptors (Lipinski definition) is 4. The van der Waals surface area contributed by atoms with Gasteiger partial charge in [0.05, 0.1) is 19.8 Å². The van der Waals surface area contributed by atoms with Crippen molar-refractivity contribution in [2.24, 2.45) is 0 Å². The van der Waals surface area contributed by atoms with Gasteiger partial charge in [0.1, 0.15) is 5.82 Å². The van der Waals surface area contributed by atoms with E-state index in [0.717, 1.165) is 38.2 Å². The Morgan fingerprint density at radius 1 is 1.24 bits per heavy atom. The summed E-state index contributed by atoms with van der Waals surface area (Å²) in [5.74, 6) is -0.184. The van der Waals surface area contributed by atoms with Gasteiger partial charge in [0.2, 0.25) is 0 Å². The monoisotopic (exact) mass is 296 g/mol. The van der Waals surface area contributed by atoms with Gasteiger partial charge < -0.3 is 19.6 Å². The topological polar surface area (TPSA) is 35.9 Å². The number of aliphatic hydroxyl groups is 1. The predicted octanol–water partition coefficient (Wildman–Crippen LogP) is 1.74. The first kappa shape index (κ1) is 16.2. The van der Waals surface area contributed by atoms with Crippen LogP contribution in [-0.2, 0) is 4.74 Å². The van der Waals surface area contributed by atoms with Crippen molar-refractivity contribution in [3.8, 4) is 0 Å². The molecule has 0 aromatic heterocycles. The molecule has 0 atom stereocenters. The zero-order valence-electron chi connectivity index (χ0n) is 12.7. The summed E-state index contributed by atoms with van der Waals surface area (Å²) in [7, 11) is 2.13. The van der Waals surface area contributed by atoms with Crippen LogP contribution < -0.4 is 4.90 Å². The summed E-state index contributed by atoms with van der Waals surface area (Å²) in [5, 5.41) is 8.67. The van der Waals surface area contributed by atoms with E-state index >= 15 is 0 Å². The van der Waals surface area contributed by atoms with Crippen molar-refractivity contribution in [1.29, 1.82) is 0 Å². The Labute approximate surface area is 126 Å². The van der Waals surface area contributed by atoms with E-state index in [-0.39, 0.29) is 12.4 Å². The fourth-order valence-corrected chi connectivity index (χ4v) is 2.77. The van der Waals surface area contributed by atoms with E-state index in [9.17, 15) is 4.39 Å². The molecule has 0 amide bonds. The number of anilines is 1. The highest BCUT2D eigenvalue weighted by Crippen LogP contribution is 2.22. The summed E-state index contributed by atoms with van der Waals surface area (Å²) in [6.07, 6.45) is 2.21. The molecule has 0 spiro atoms. The molecule has 1 saturated heterocycles. The molecule has 0 saturated carbocycles. The minimum Gasteiger partial charge on any atom is -0.394 e. The van der Waals surface area contributed by atoms with Gasteiger partial charge in [0, 0.05) is 31.4 Å². The number of ether oxygens (including phenoxy) is 1. The van der Waals surface area contributed by atoms with Crippen LogP contribution >= 0.6 is 0 Å². The number of nitrogens with zero attached hydrogens (tertiary/aromatic N) is 2. The van der Waals surface area contributed by atoms with Crippen molar-refractivity contribution < 1.29 is 14.2 Å². The van der Waals surface area contributed by atoms with E-state index in [1.165, 1.54) is 12.1 Å². The van der Waals surface area contributed by atoms with E-state index in [2.05, 4.69) is 16.8 Å². The molecule has 1 fully saturated rings. The summed E-state index contributed by atoms with van der Waals surface area (Å²) in [6, 6.07) is 7.31. The summed E-state index contributed by atoms with van der Waals surface area (Å²) < 4.78 is 18.3. The Bertz CT molecular complexity index is 405. The molecule has 118 valence electrons. The quantitative estimate of drug-likeness (QED) is 0.778. The lowest BCUT2D eigenvalue weighted by molar-refractivity contribution is 0.0674. The lowest BCUT2D eigenvalue weighted by atomic mass is 10.0. The summed E-state index contributed by atoms with van der Waals surface area (Å²) >= 11 is 0. The predicted molar refractivity (Wildman–Crippen MR) is 82.2 cm³/mol. The Kier molecular flexibility index (Phi) is 6.42. The second kappa shape index (κ2) is 8.32. The Morgan fingerprint density at radius 3 is 2.52 bits per heavy atom. The molecule has 21 heavy (non-hydrogen) atoms. The van der Waals surface area contributed by atoms with Gasteiger partial charge in [-0.3, -0.25) is 0 Å². The molecule has 0 unspecified atom stereocenters. The third-order valence-electron chi connectivity index (χ3n) is 4.10. The number of aliphatic hydroxyl groups excluding tert-OH is 1. The van der Waals surface area contributed by atoms with Crippen molar-refractivity contribution >= 4 is 5.69 Å². The standard InChI is InChI=1S/C16H25FN2O2/c1-18(10-12-21-13-11-20)15-6-8-19(9-7-15)16-4-2-14(17)3-5-16/h2-5,15,20H,6-13H2,1H3.